The second-order valence-electron chi connectivity index (χ2n) is 8.59. The zero-order chi connectivity index (χ0) is 26.8. The Morgan fingerprint density at radius 2 is 1.97 bits per heavy atom. The van der Waals surface area contributed by atoms with E-state index in [1.165, 1.54) is 39.9 Å². The summed E-state index contributed by atoms with van der Waals surface area (Å²) in [6, 6.07) is 18.4. The zero-order valence-corrected chi connectivity index (χ0v) is 22.7. The van der Waals surface area contributed by atoms with E-state index in [-0.39, 0.29) is 11.5 Å². The van der Waals surface area contributed by atoms with E-state index in [0.717, 1.165) is 16.1 Å². The van der Waals surface area contributed by atoms with Gasteiger partial charge in [-0.05, 0) is 29.8 Å². The van der Waals surface area contributed by atoms with Crippen LogP contribution in [0.5, 0.6) is 0 Å². The number of rotatable bonds is 8. The van der Waals surface area contributed by atoms with Crippen LogP contribution >= 0.6 is 34.3 Å². The minimum Gasteiger partial charge on any atom is -0.472 e. The van der Waals surface area contributed by atoms with Crippen LogP contribution in [-0.2, 0) is 13.1 Å². The average molecular weight is 574 g/mol. The zero-order valence-electron chi connectivity index (χ0n) is 20.3. The largest absolute Gasteiger partial charge is 0.472 e. The van der Waals surface area contributed by atoms with Gasteiger partial charge in [0.1, 0.15) is 12.1 Å². The van der Waals surface area contributed by atoms with Crippen molar-refractivity contribution < 1.29 is 9.21 Å². The molecule has 11 heteroatoms. The van der Waals surface area contributed by atoms with Crippen molar-refractivity contribution in [3.05, 3.63) is 121 Å². The third-order valence-corrected chi connectivity index (χ3v) is 7.93. The molecule has 0 bridgehead atoms. The molecule has 1 aromatic carbocycles. The number of aromatic nitrogens is 4. The summed E-state index contributed by atoms with van der Waals surface area (Å²) < 4.78 is 8.74. The topological polar surface area (TPSA) is 94.9 Å². The second kappa shape index (κ2) is 10.9. The Kier molecular flexibility index (Phi) is 6.97. The molecule has 39 heavy (non-hydrogen) atoms. The molecule has 6 aromatic rings. The van der Waals surface area contributed by atoms with Gasteiger partial charge < -0.3 is 14.3 Å². The van der Waals surface area contributed by atoms with Crippen molar-refractivity contribution in [1.82, 2.24) is 19.3 Å². The predicted molar refractivity (Wildman–Crippen MR) is 154 cm³/mol. The van der Waals surface area contributed by atoms with Crippen LogP contribution in [-0.4, -0.2) is 25.2 Å². The highest BCUT2D eigenvalue weighted by Gasteiger charge is 2.22. The van der Waals surface area contributed by atoms with Gasteiger partial charge in [-0.1, -0.05) is 41.9 Å². The Hall–Kier alpha value is -4.25. The highest BCUT2D eigenvalue weighted by atomic mass is 35.5. The highest BCUT2D eigenvalue weighted by Crippen LogP contribution is 2.31. The lowest BCUT2D eigenvalue weighted by atomic mass is 9.99. The molecule has 0 aliphatic carbocycles. The molecule has 8 nitrogen and oxygen atoms in total. The van der Waals surface area contributed by atoms with Gasteiger partial charge in [0, 0.05) is 28.1 Å². The monoisotopic (exact) mass is 573 g/mol. The Morgan fingerprint density at radius 1 is 1.10 bits per heavy atom. The molecule has 0 saturated heterocycles. The SMILES string of the molecule is O=C(c1ccoc1)n1nc(-c2ccn(Cc3cscn3)c(=O)c2-c2ccccc2)cc1NCc1ccc(Cl)s1. The Bertz CT molecular complexity index is 1790. The molecule has 1 N–H and O–H groups in total. The molecular formula is C28H20ClN5O3S2. The maximum Gasteiger partial charge on any atom is 0.283 e. The van der Waals surface area contributed by atoms with E-state index >= 15 is 0 Å². The molecular weight excluding hydrogens is 554 g/mol. The van der Waals surface area contributed by atoms with Gasteiger partial charge in [0.2, 0.25) is 0 Å². The van der Waals surface area contributed by atoms with Crippen molar-refractivity contribution in [2.45, 2.75) is 13.1 Å². The Labute approximate surface area is 235 Å². The van der Waals surface area contributed by atoms with E-state index in [9.17, 15) is 9.59 Å². The molecule has 0 spiro atoms. The number of nitrogens with zero attached hydrogens (tertiary/aromatic N) is 4. The maximum atomic E-state index is 13.8. The van der Waals surface area contributed by atoms with Crippen molar-refractivity contribution in [3.63, 3.8) is 0 Å². The van der Waals surface area contributed by atoms with Gasteiger partial charge in [-0.25, -0.2) is 4.98 Å². The van der Waals surface area contributed by atoms with Crippen LogP contribution in [0.3, 0.4) is 0 Å². The van der Waals surface area contributed by atoms with Crippen molar-refractivity contribution in [3.8, 4) is 22.4 Å². The number of carbonyl (C=O) groups excluding carboxylic acids is 1. The summed E-state index contributed by atoms with van der Waals surface area (Å²) in [5.74, 6) is 0.117. The number of pyridine rings is 1. The van der Waals surface area contributed by atoms with Crippen LogP contribution in [0.25, 0.3) is 22.4 Å². The van der Waals surface area contributed by atoms with Crippen LogP contribution < -0.4 is 10.9 Å². The first kappa shape index (κ1) is 25.1. The van der Waals surface area contributed by atoms with Crippen molar-refractivity contribution >= 4 is 46.0 Å². The number of thiophene rings is 1. The first-order valence-corrected chi connectivity index (χ1v) is 14.0. The lowest BCUT2D eigenvalue weighted by Crippen LogP contribution is -2.22. The normalized spacial score (nSPS) is 11.1. The summed E-state index contributed by atoms with van der Waals surface area (Å²) in [7, 11) is 0. The molecule has 0 fully saturated rings. The molecule has 194 valence electrons. The van der Waals surface area contributed by atoms with Gasteiger partial charge in [0.15, 0.2) is 0 Å². The molecule has 5 aromatic heterocycles. The predicted octanol–water partition coefficient (Wildman–Crippen LogP) is 6.49. The van der Waals surface area contributed by atoms with Crippen LogP contribution in [0.1, 0.15) is 20.9 Å². The third kappa shape index (κ3) is 5.22. The number of furan rings is 1. The summed E-state index contributed by atoms with van der Waals surface area (Å²) in [5.41, 5.74) is 5.07. The number of nitrogens with one attached hydrogen (secondary N) is 1. The fraction of sp³-hybridized carbons (Fsp3) is 0.0714. The smallest absolute Gasteiger partial charge is 0.283 e. The quantitative estimate of drug-likeness (QED) is 0.223. The van der Waals surface area contributed by atoms with Gasteiger partial charge in [-0.3, -0.25) is 9.59 Å². The first-order chi connectivity index (χ1) is 19.1. The molecule has 5 heterocycles. The fourth-order valence-electron chi connectivity index (χ4n) is 4.21. The first-order valence-electron chi connectivity index (χ1n) is 11.9. The molecule has 0 aliphatic rings. The lowest BCUT2D eigenvalue weighted by molar-refractivity contribution is 0.0947. The number of benzene rings is 1. The summed E-state index contributed by atoms with van der Waals surface area (Å²) in [6.07, 6.45) is 4.55. The van der Waals surface area contributed by atoms with Crippen molar-refractivity contribution in [2.24, 2.45) is 0 Å². The summed E-state index contributed by atoms with van der Waals surface area (Å²) >= 11 is 9.03. The highest BCUT2D eigenvalue weighted by molar-refractivity contribution is 7.16. The fourth-order valence-corrected chi connectivity index (χ4v) is 5.79. The van der Waals surface area contributed by atoms with E-state index in [2.05, 4.69) is 15.4 Å². The summed E-state index contributed by atoms with van der Waals surface area (Å²) in [4.78, 5) is 32.5. The van der Waals surface area contributed by atoms with Crippen LogP contribution in [0.2, 0.25) is 4.34 Å². The van der Waals surface area contributed by atoms with E-state index in [4.69, 9.17) is 16.0 Å². The number of hydrogen-bond acceptors (Lipinski definition) is 8. The van der Waals surface area contributed by atoms with Crippen LogP contribution in [0.4, 0.5) is 5.82 Å². The summed E-state index contributed by atoms with van der Waals surface area (Å²) in [5, 5.41) is 9.89. The van der Waals surface area contributed by atoms with E-state index in [0.29, 0.717) is 45.6 Å². The minimum absolute atomic E-state index is 0.176. The molecule has 0 aliphatic heterocycles. The standard InChI is InChI=1S/C28H20ClN5O3S2/c29-24-7-6-21(39-24)13-30-25-12-23(32-34(25)27(35)19-9-11-37-15-19)22-8-10-33(14-20-16-38-17-31-20)28(36)26(22)18-4-2-1-3-5-18/h1-12,15-17,30H,13-14H2. The van der Waals surface area contributed by atoms with Gasteiger partial charge in [0.05, 0.1) is 51.7 Å². The molecule has 0 amide bonds. The van der Waals surface area contributed by atoms with E-state index in [1.807, 2.05) is 53.9 Å². The number of anilines is 1. The maximum absolute atomic E-state index is 13.8. The van der Waals surface area contributed by atoms with Gasteiger partial charge in [-0.2, -0.15) is 9.78 Å². The number of halogens is 1. The van der Waals surface area contributed by atoms with Crippen LogP contribution in [0, 0.1) is 0 Å². The number of hydrogen-bond donors (Lipinski definition) is 1. The number of carbonyl (C=O) groups is 1. The van der Waals surface area contributed by atoms with Crippen LogP contribution in [0.15, 0.2) is 99.5 Å². The van der Waals surface area contributed by atoms with Crippen molar-refractivity contribution in [2.75, 3.05) is 5.32 Å². The van der Waals surface area contributed by atoms with E-state index < -0.39 is 0 Å². The lowest BCUT2D eigenvalue weighted by Gasteiger charge is -2.11. The van der Waals surface area contributed by atoms with Crippen molar-refractivity contribution in [1.29, 1.82) is 0 Å². The van der Waals surface area contributed by atoms with Gasteiger partial charge in [0.25, 0.3) is 11.5 Å². The molecule has 6 rings (SSSR count). The summed E-state index contributed by atoms with van der Waals surface area (Å²) in [6.45, 7) is 0.800. The van der Waals surface area contributed by atoms with E-state index in [1.54, 1.807) is 28.4 Å². The number of thiazole rings is 1. The molecule has 0 atom stereocenters. The second-order valence-corrected chi connectivity index (χ2v) is 11.1. The molecule has 0 unspecified atom stereocenters. The molecule has 0 radical (unpaired) electrons. The average Bonchev–Trinajstić information content (AvgIpc) is 3.77. The Balaban J connectivity index is 1.46. The molecule has 0 saturated carbocycles. The van der Waals surface area contributed by atoms with Gasteiger partial charge in [-0.15, -0.1) is 22.7 Å². The van der Waals surface area contributed by atoms with Gasteiger partial charge >= 0.3 is 0 Å². The third-order valence-electron chi connectivity index (χ3n) is 6.06. The Morgan fingerprint density at radius 3 is 2.69 bits per heavy atom. The minimum atomic E-state index is -0.361.